The van der Waals surface area contributed by atoms with E-state index in [1.807, 2.05) is 30.3 Å². The molecule has 0 aliphatic rings. The summed E-state index contributed by atoms with van der Waals surface area (Å²) in [5.41, 5.74) is 0.436. The summed E-state index contributed by atoms with van der Waals surface area (Å²) in [6.07, 6.45) is 5.06. The molecule has 0 unspecified atom stereocenters. The molecule has 2 N–H and O–H groups in total. The Morgan fingerprint density at radius 2 is 1.90 bits per heavy atom. The highest BCUT2D eigenvalue weighted by molar-refractivity contribution is 6.07. The largest absolute Gasteiger partial charge is 0.480 e. The molecule has 0 saturated heterocycles. The lowest BCUT2D eigenvalue weighted by atomic mass is 10.0. The molecule has 0 fully saturated rings. The smallest absolute Gasteiger partial charge is 0.327 e. The number of carboxylic acids is 1. The second-order valence-electron chi connectivity index (χ2n) is 4.30. The van der Waals surface area contributed by atoms with E-state index in [2.05, 4.69) is 11.2 Å². The van der Waals surface area contributed by atoms with Crippen LogP contribution in [0.2, 0.25) is 0 Å². The highest BCUT2D eigenvalue weighted by atomic mass is 16.4. The molecule has 2 aromatic rings. The fraction of sp³-hybridized carbons (Fsp3) is 0.125. The van der Waals surface area contributed by atoms with Crippen molar-refractivity contribution < 1.29 is 14.7 Å². The van der Waals surface area contributed by atoms with Crippen LogP contribution in [0, 0.1) is 12.3 Å². The van der Waals surface area contributed by atoms with Crippen molar-refractivity contribution in [2.45, 2.75) is 12.5 Å². The maximum absolute atomic E-state index is 12.2. The second-order valence-corrected chi connectivity index (χ2v) is 4.30. The second kappa shape index (κ2) is 5.89. The van der Waals surface area contributed by atoms with E-state index < -0.39 is 17.9 Å². The molecule has 0 bridgehead atoms. The van der Waals surface area contributed by atoms with Crippen LogP contribution in [0.4, 0.5) is 0 Å². The molecule has 0 aliphatic heterocycles. The number of rotatable bonds is 4. The Morgan fingerprint density at radius 1 is 1.20 bits per heavy atom. The van der Waals surface area contributed by atoms with Crippen LogP contribution in [-0.2, 0) is 4.79 Å². The van der Waals surface area contributed by atoms with Crippen LogP contribution in [0.25, 0.3) is 10.8 Å². The topological polar surface area (TPSA) is 66.4 Å². The number of benzene rings is 2. The first-order chi connectivity index (χ1) is 9.63. The number of carbonyl (C=O) groups excluding carboxylic acids is 1. The first-order valence-electron chi connectivity index (χ1n) is 6.08. The summed E-state index contributed by atoms with van der Waals surface area (Å²) >= 11 is 0. The highest BCUT2D eigenvalue weighted by Gasteiger charge is 2.20. The third-order valence-corrected chi connectivity index (χ3v) is 2.96. The Morgan fingerprint density at radius 3 is 2.60 bits per heavy atom. The average molecular weight is 267 g/mol. The Labute approximate surface area is 116 Å². The van der Waals surface area contributed by atoms with Crippen LogP contribution in [0.3, 0.4) is 0 Å². The number of nitrogens with one attached hydrogen (secondary N) is 1. The van der Waals surface area contributed by atoms with E-state index in [9.17, 15) is 9.59 Å². The SMILES string of the molecule is C#CC[C@H](NC(=O)c1cccc2ccccc12)C(=O)O. The molecule has 0 saturated carbocycles. The van der Waals surface area contributed by atoms with E-state index in [0.29, 0.717) is 5.56 Å². The monoisotopic (exact) mass is 267 g/mol. The van der Waals surface area contributed by atoms with Crippen molar-refractivity contribution in [2.75, 3.05) is 0 Å². The molecule has 0 spiro atoms. The number of hydrogen-bond acceptors (Lipinski definition) is 2. The maximum atomic E-state index is 12.2. The molecule has 1 amide bonds. The lowest BCUT2D eigenvalue weighted by Crippen LogP contribution is -2.40. The highest BCUT2D eigenvalue weighted by Crippen LogP contribution is 2.18. The number of fused-ring (bicyclic) bond motifs is 1. The number of amides is 1. The number of aliphatic carboxylic acids is 1. The summed E-state index contributed by atoms with van der Waals surface area (Å²) in [5, 5.41) is 13.1. The predicted molar refractivity (Wildman–Crippen MR) is 76.3 cm³/mol. The quantitative estimate of drug-likeness (QED) is 0.833. The van der Waals surface area contributed by atoms with E-state index in [1.54, 1.807) is 12.1 Å². The number of carbonyl (C=O) groups is 2. The van der Waals surface area contributed by atoms with Crippen LogP contribution in [-0.4, -0.2) is 23.0 Å². The standard InChI is InChI=1S/C16H13NO3/c1-2-6-14(16(19)20)17-15(18)13-10-5-8-11-7-3-4-9-12(11)13/h1,3-5,7-10,14H,6H2,(H,17,18)(H,19,20)/t14-/m0/s1. The van der Waals surface area contributed by atoms with Gasteiger partial charge in [-0.15, -0.1) is 12.3 Å². The van der Waals surface area contributed by atoms with E-state index in [1.165, 1.54) is 0 Å². The van der Waals surface area contributed by atoms with E-state index >= 15 is 0 Å². The van der Waals surface area contributed by atoms with E-state index in [-0.39, 0.29) is 6.42 Å². The summed E-state index contributed by atoms with van der Waals surface area (Å²) in [5.74, 6) is 0.665. The van der Waals surface area contributed by atoms with Crippen molar-refractivity contribution in [2.24, 2.45) is 0 Å². The molecular formula is C16H13NO3. The number of hydrogen-bond donors (Lipinski definition) is 2. The molecule has 0 aliphatic carbocycles. The molecule has 2 rings (SSSR count). The average Bonchev–Trinajstić information content (AvgIpc) is 2.46. The van der Waals surface area contributed by atoms with Gasteiger partial charge in [0, 0.05) is 12.0 Å². The zero-order valence-electron chi connectivity index (χ0n) is 10.7. The zero-order chi connectivity index (χ0) is 14.5. The third-order valence-electron chi connectivity index (χ3n) is 2.96. The Kier molecular flexibility index (Phi) is 4.02. The first kappa shape index (κ1) is 13.6. The molecule has 0 heterocycles. The van der Waals surface area contributed by atoms with Crippen molar-refractivity contribution in [1.82, 2.24) is 5.32 Å². The minimum Gasteiger partial charge on any atom is -0.480 e. The minimum atomic E-state index is -1.14. The van der Waals surface area contributed by atoms with Gasteiger partial charge >= 0.3 is 5.97 Å². The van der Waals surface area contributed by atoms with Crippen LogP contribution in [0.1, 0.15) is 16.8 Å². The van der Waals surface area contributed by atoms with Crippen LogP contribution in [0.5, 0.6) is 0 Å². The molecule has 2 aromatic carbocycles. The molecule has 20 heavy (non-hydrogen) atoms. The first-order valence-corrected chi connectivity index (χ1v) is 6.08. The fourth-order valence-corrected chi connectivity index (χ4v) is 1.98. The third kappa shape index (κ3) is 2.78. The number of terminal acetylenes is 1. The lowest BCUT2D eigenvalue weighted by molar-refractivity contribution is -0.139. The van der Waals surface area contributed by atoms with Gasteiger partial charge in [0.05, 0.1) is 0 Å². The van der Waals surface area contributed by atoms with Gasteiger partial charge in [-0.05, 0) is 16.8 Å². The van der Waals surface area contributed by atoms with Gasteiger partial charge < -0.3 is 10.4 Å². The predicted octanol–water partition coefficient (Wildman–Crippen LogP) is 2.05. The number of carboxylic acid groups (broad SMARTS) is 1. The molecule has 0 aromatic heterocycles. The van der Waals surface area contributed by atoms with Crippen LogP contribution >= 0.6 is 0 Å². The van der Waals surface area contributed by atoms with Gasteiger partial charge in [-0.25, -0.2) is 4.79 Å². The Hall–Kier alpha value is -2.80. The van der Waals surface area contributed by atoms with Crippen molar-refractivity contribution in [1.29, 1.82) is 0 Å². The van der Waals surface area contributed by atoms with Gasteiger partial charge in [-0.3, -0.25) is 4.79 Å². The van der Waals surface area contributed by atoms with Gasteiger partial charge in [-0.1, -0.05) is 36.4 Å². The zero-order valence-corrected chi connectivity index (χ0v) is 10.7. The van der Waals surface area contributed by atoms with E-state index in [0.717, 1.165) is 10.8 Å². The van der Waals surface area contributed by atoms with Gasteiger partial charge in [0.15, 0.2) is 0 Å². The molecule has 0 radical (unpaired) electrons. The molecule has 1 atom stereocenters. The van der Waals surface area contributed by atoms with Crippen molar-refractivity contribution in [3.8, 4) is 12.3 Å². The van der Waals surface area contributed by atoms with Crippen LogP contribution in [0.15, 0.2) is 42.5 Å². The van der Waals surface area contributed by atoms with Crippen molar-refractivity contribution >= 4 is 22.6 Å². The van der Waals surface area contributed by atoms with Gasteiger partial charge in [0.25, 0.3) is 5.91 Å². The summed E-state index contributed by atoms with van der Waals surface area (Å²) in [7, 11) is 0. The van der Waals surface area contributed by atoms with Crippen molar-refractivity contribution in [3.63, 3.8) is 0 Å². The summed E-state index contributed by atoms with van der Waals surface area (Å²) in [4.78, 5) is 23.2. The van der Waals surface area contributed by atoms with Crippen molar-refractivity contribution in [3.05, 3.63) is 48.0 Å². The summed E-state index contributed by atoms with van der Waals surface area (Å²) in [6.45, 7) is 0. The Balaban J connectivity index is 2.32. The molecular weight excluding hydrogens is 254 g/mol. The van der Waals surface area contributed by atoms with Crippen LogP contribution < -0.4 is 5.32 Å². The molecule has 4 heteroatoms. The van der Waals surface area contributed by atoms with E-state index in [4.69, 9.17) is 11.5 Å². The maximum Gasteiger partial charge on any atom is 0.327 e. The van der Waals surface area contributed by atoms with Gasteiger partial charge in [-0.2, -0.15) is 0 Å². The normalized spacial score (nSPS) is 11.6. The minimum absolute atomic E-state index is 0.0498. The fourth-order valence-electron chi connectivity index (χ4n) is 1.98. The summed E-state index contributed by atoms with van der Waals surface area (Å²) in [6, 6.07) is 11.6. The van der Waals surface area contributed by atoms with Gasteiger partial charge in [0.2, 0.25) is 0 Å². The summed E-state index contributed by atoms with van der Waals surface area (Å²) < 4.78 is 0. The van der Waals surface area contributed by atoms with Gasteiger partial charge in [0.1, 0.15) is 6.04 Å². The Bertz CT molecular complexity index is 695. The lowest BCUT2D eigenvalue weighted by Gasteiger charge is -2.13. The molecule has 100 valence electrons. The molecule has 4 nitrogen and oxygen atoms in total.